The molecule has 0 fully saturated rings. The van der Waals surface area contributed by atoms with E-state index in [-0.39, 0.29) is 6.04 Å². The summed E-state index contributed by atoms with van der Waals surface area (Å²) in [4.78, 5) is 6.81. The summed E-state index contributed by atoms with van der Waals surface area (Å²) >= 11 is 5.82. The van der Waals surface area contributed by atoms with Crippen molar-refractivity contribution in [2.45, 2.75) is 26.8 Å². The van der Waals surface area contributed by atoms with Crippen LogP contribution in [0.1, 0.15) is 36.9 Å². The van der Waals surface area contributed by atoms with Gasteiger partial charge in [0, 0.05) is 16.9 Å². The van der Waals surface area contributed by atoms with Crippen LogP contribution in [-0.4, -0.2) is 21.9 Å². The molecule has 2 heterocycles. The fourth-order valence-corrected chi connectivity index (χ4v) is 4.60. The van der Waals surface area contributed by atoms with E-state index in [0.29, 0.717) is 23.4 Å². The molecule has 1 atom stereocenters. The molecule has 7 heteroatoms. The standard InChI is InChI=1S/C28H26N4O2S/c1-4-33-23-16-12-21(13-17-23)26-30-27(34-31-26)24-19(3)32(22-14-10-18(2)11-15-22)28(35)29-25(24)20-8-6-5-7-9-20/h5-17,25H,4H2,1-3H3,(H,29,35). The first-order valence-corrected chi connectivity index (χ1v) is 12.0. The minimum absolute atomic E-state index is 0.223. The number of benzene rings is 3. The maximum absolute atomic E-state index is 5.84. The Morgan fingerprint density at radius 3 is 2.37 bits per heavy atom. The number of nitrogens with zero attached hydrogens (tertiary/aromatic N) is 3. The lowest BCUT2D eigenvalue weighted by atomic mass is 9.94. The van der Waals surface area contributed by atoms with E-state index in [4.69, 9.17) is 26.5 Å². The lowest BCUT2D eigenvalue weighted by Crippen LogP contribution is -2.46. The first-order chi connectivity index (χ1) is 17.0. The Labute approximate surface area is 210 Å². The van der Waals surface area contributed by atoms with Crippen LogP contribution in [-0.2, 0) is 0 Å². The van der Waals surface area contributed by atoms with Crippen LogP contribution in [0.25, 0.3) is 17.0 Å². The minimum Gasteiger partial charge on any atom is -0.494 e. The Kier molecular flexibility index (Phi) is 6.33. The zero-order valence-electron chi connectivity index (χ0n) is 19.9. The van der Waals surface area contributed by atoms with Gasteiger partial charge >= 0.3 is 0 Å². The van der Waals surface area contributed by atoms with Gasteiger partial charge in [-0.2, -0.15) is 4.98 Å². The van der Waals surface area contributed by atoms with E-state index in [1.165, 1.54) is 5.56 Å². The molecule has 176 valence electrons. The lowest BCUT2D eigenvalue weighted by molar-refractivity contribution is 0.340. The molecule has 1 N–H and O–H groups in total. The fourth-order valence-electron chi connectivity index (χ4n) is 4.24. The molecule has 0 radical (unpaired) electrons. The lowest BCUT2D eigenvalue weighted by Gasteiger charge is -2.37. The third-order valence-corrected chi connectivity index (χ3v) is 6.29. The number of aromatic nitrogens is 2. The van der Waals surface area contributed by atoms with E-state index in [9.17, 15) is 0 Å². The van der Waals surface area contributed by atoms with E-state index < -0.39 is 0 Å². The fraction of sp³-hybridized carbons (Fsp3) is 0.179. The second kappa shape index (κ2) is 9.72. The van der Waals surface area contributed by atoms with Crippen molar-refractivity contribution in [1.82, 2.24) is 15.5 Å². The predicted octanol–water partition coefficient (Wildman–Crippen LogP) is 6.31. The van der Waals surface area contributed by atoms with Crippen molar-refractivity contribution < 1.29 is 9.26 Å². The van der Waals surface area contributed by atoms with Crippen LogP contribution < -0.4 is 15.0 Å². The number of hydrogen-bond acceptors (Lipinski definition) is 5. The Morgan fingerprint density at radius 2 is 1.69 bits per heavy atom. The van der Waals surface area contributed by atoms with Crippen molar-refractivity contribution in [2.24, 2.45) is 0 Å². The van der Waals surface area contributed by atoms with Gasteiger partial charge in [0.05, 0.1) is 18.2 Å². The van der Waals surface area contributed by atoms with Crippen LogP contribution in [0.15, 0.2) is 89.1 Å². The van der Waals surface area contributed by atoms with Gasteiger partial charge in [0.1, 0.15) is 5.75 Å². The topological polar surface area (TPSA) is 63.4 Å². The molecule has 0 saturated heterocycles. The number of nitrogens with one attached hydrogen (secondary N) is 1. The summed E-state index contributed by atoms with van der Waals surface area (Å²) in [7, 11) is 0. The average molecular weight is 483 g/mol. The van der Waals surface area contributed by atoms with E-state index in [0.717, 1.165) is 33.8 Å². The summed E-state index contributed by atoms with van der Waals surface area (Å²) in [6.45, 7) is 6.69. The van der Waals surface area contributed by atoms with Crippen molar-refractivity contribution in [3.05, 3.63) is 102 Å². The Balaban J connectivity index is 1.59. The monoisotopic (exact) mass is 482 g/mol. The number of hydrogen-bond donors (Lipinski definition) is 1. The van der Waals surface area contributed by atoms with Gasteiger partial charge in [-0.25, -0.2) is 0 Å². The number of allylic oxidation sites excluding steroid dienone is 1. The third kappa shape index (κ3) is 4.55. The summed E-state index contributed by atoms with van der Waals surface area (Å²) in [5, 5.41) is 8.41. The van der Waals surface area contributed by atoms with Crippen LogP contribution in [0.5, 0.6) is 5.75 Å². The third-order valence-electron chi connectivity index (χ3n) is 5.99. The largest absolute Gasteiger partial charge is 0.494 e. The van der Waals surface area contributed by atoms with Gasteiger partial charge in [0.15, 0.2) is 5.11 Å². The summed E-state index contributed by atoms with van der Waals surface area (Å²) in [5.74, 6) is 1.78. The summed E-state index contributed by atoms with van der Waals surface area (Å²) in [6.07, 6.45) is 0. The van der Waals surface area contributed by atoms with Crippen molar-refractivity contribution >= 4 is 28.6 Å². The highest BCUT2D eigenvalue weighted by molar-refractivity contribution is 7.80. The number of rotatable bonds is 6. The van der Waals surface area contributed by atoms with E-state index >= 15 is 0 Å². The smallest absolute Gasteiger partial charge is 0.258 e. The zero-order chi connectivity index (χ0) is 24.4. The molecular weight excluding hydrogens is 456 g/mol. The van der Waals surface area contributed by atoms with Crippen LogP contribution in [0.3, 0.4) is 0 Å². The summed E-state index contributed by atoms with van der Waals surface area (Å²) in [5.41, 5.74) is 5.90. The predicted molar refractivity (Wildman–Crippen MR) is 142 cm³/mol. The number of ether oxygens (including phenoxy) is 1. The molecule has 3 aromatic carbocycles. The van der Waals surface area contributed by atoms with Crippen molar-refractivity contribution in [3.8, 4) is 17.1 Å². The average Bonchev–Trinajstić information content (AvgIpc) is 3.36. The maximum atomic E-state index is 5.84. The van der Waals surface area contributed by atoms with Gasteiger partial charge in [-0.3, -0.25) is 4.90 Å². The second-order valence-corrected chi connectivity index (χ2v) is 8.73. The van der Waals surface area contributed by atoms with Crippen molar-refractivity contribution in [2.75, 3.05) is 11.5 Å². The molecular formula is C28H26N4O2S. The highest BCUT2D eigenvalue weighted by atomic mass is 32.1. The normalized spacial score (nSPS) is 15.8. The number of aryl methyl sites for hydroxylation is 1. The molecule has 1 aliphatic heterocycles. The number of anilines is 1. The molecule has 1 unspecified atom stereocenters. The summed E-state index contributed by atoms with van der Waals surface area (Å²) < 4.78 is 11.4. The molecule has 1 aromatic heterocycles. The van der Waals surface area contributed by atoms with Crippen LogP contribution >= 0.6 is 12.2 Å². The Morgan fingerprint density at radius 1 is 0.971 bits per heavy atom. The van der Waals surface area contributed by atoms with Crippen molar-refractivity contribution in [3.63, 3.8) is 0 Å². The molecule has 0 amide bonds. The van der Waals surface area contributed by atoms with Crippen molar-refractivity contribution in [1.29, 1.82) is 0 Å². The van der Waals surface area contributed by atoms with Gasteiger partial charge in [-0.05, 0) is 75.0 Å². The van der Waals surface area contributed by atoms with E-state index in [2.05, 4.69) is 53.8 Å². The molecule has 35 heavy (non-hydrogen) atoms. The van der Waals surface area contributed by atoms with Gasteiger partial charge in [-0.1, -0.05) is 53.2 Å². The highest BCUT2D eigenvalue weighted by Crippen LogP contribution is 2.39. The van der Waals surface area contributed by atoms with Crippen LogP contribution in [0.4, 0.5) is 5.69 Å². The Hall–Kier alpha value is -3.97. The van der Waals surface area contributed by atoms with E-state index in [1.54, 1.807) is 0 Å². The molecule has 0 spiro atoms. The Bertz CT molecular complexity index is 1360. The SMILES string of the molecule is CCOc1ccc(-c2noc(C3=C(C)N(c4ccc(C)cc4)C(=S)NC3c3ccccc3)n2)cc1. The van der Waals surface area contributed by atoms with Crippen LogP contribution in [0, 0.1) is 6.92 Å². The second-order valence-electron chi connectivity index (χ2n) is 8.34. The molecule has 4 aromatic rings. The quantitative estimate of drug-likeness (QED) is 0.323. The molecule has 0 aliphatic carbocycles. The summed E-state index contributed by atoms with van der Waals surface area (Å²) in [6, 6.07) is 25.9. The molecule has 5 rings (SSSR count). The van der Waals surface area contributed by atoms with Gasteiger partial charge < -0.3 is 14.6 Å². The molecule has 0 saturated carbocycles. The van der Waals surface area contributed by atoms with Gasteiger partial charge in [0.25, 0.3) is 5.89 Å². The van der Waals surface area contributed by atoms with Crippen LogP contribution in [0.2, 0.25) is 0 Å². The number of thiocarbonyl (C=S) groups is 1. The molecule has 6 nitrogen and oxygen atoms in total. The van der Waals surface area contributed by atoms with Gasteiger partial charge in [-0.15, -0.1) is 0 Å². The molecule has 1 aliphatic rings. The first-order valence-electron chi connectivity index (χ1n) is 11.6. The molecule has 0 bridgehead atoms. The first kappa shape index (κ1) is 22.8. The zero-order valence-corrected chi connectivity index (χ0v) is 20.7. The maximum Gasteiger partial charge on any atom is 0.258 e. The van der Waals surface area contributed by atoms with E-state index in [1.807, 2.05) is 61.2 Å². The minimum atomic E-state index is -0.223. The highest BCUT2D eigenvalue weighted by Gasteiger charge is 2.34. The van der Waals surface area contributed by atoms with Gasteiger partial charge in [0.2, 0.25) is 5.82 Å².